The minimum absolute atomic E-state index is 0.868. The Hall–Kier alpha value is -6.90. The molecule has 0 N–H and O–H groups in total. The van der Waals surface area contributed by atoms with Gasteiger partial charge in [0.25, 0.3) is 0 Å². The summed E-state index contributed by atoms with van der Waals surface area (Å²) < 4.78 is 12.8. The molecule has 0 bridgehead atoms. The molecule has 2 heterocycles. The van der Waals surface area contributed by atoms with E-state index >= 15 is 0 Å². The van der Waals surface area contributed by atoms with E-state index in [2.05, 4.69) is 158 Å². The number of fused-ring (bicyclic) bond motifs is 14. The van der Waals surface area contributed by atoms with E-state index in [1.807, 2.05) is 12.1 Å². The van der Waals surface area contributed by atoms with E-state index in [1.54, 1.807) is 0 Å². The van der Waals surface area contributed by atoms with Crippen LogP contribution in [0.1, 0.15) is 0 Å². The molecule has 240 valence electrons. The molecule has 12 aromatic rings. The third kappa shape index (κ3) is 3.78. The van der Waals surface area contributed by atoms with Gasteiger partial charge in [0.2, 0.25) is 0 Å². The van der Waals surface area contributed by atoms with E-state index in [1.165, 1.54) is 70.6 Å². The average molecular weight is 661 g/mol. The van der Waals surface area contributed by atoms with Crippen molar-refractivity contribution in [3.63, 3.8) is 0 Å². The predicted octanol–water partition coefficient (Wildman–Crippen LogP) is 14.6. The summed E-state index contributed by atoms with van der Waals surface area (Å²) in [5.41, 5.74) is 8.38. The molecule has 0 aliphatic carbocycles. The lowest BCUT2D eigenvalue weighted by Crippen LogP contribution is -1.91. The van der Waals surface area contributed by atoms with Crippen molar-refractivity contribution in [3.8, 4) is 22.3 Å². The van der Waals surface area contributed by atoms with Gasteiger partial charge in [-0.15, -0.1) is 0 Å². The van der Waals surface area contributed by atoms with E-state index in [0.717, 1.165) is 49.4 Å². The Bertz CT molecular complexity index is 3380. The first-order chi connectivity index (χ1) is 25.8. The molecule has 0 radical (unpaired) electrons. The molecule has 0 fully saturated rings. The van der Waals surface area contributed by atoms with Crippen LogP contribution >= 0.6 is 0 Å². The topological polar surface area (TPSA) is 26.3 Å². The minimum Gasteiger partial charge on any atom is -0.456 e. The monoisotopic (exact) mass is 660 g/mol. The van der Waals surface area contributed by atoms with E-state index in [9.17, 15) is 0 Å². The SMILES string of the molecule is c1ccc2c(c1)oc1cc3c(cc12)oc1ccc(-c2c4ccccc4c(-c4ccc5c6ccccc6c6ccccc6c5c4)c4ccccc24)cc13. The summed E-state index contributed by atoms with van der Waals surface area (Å²) in [7, 11) is 0. The van der Waals surface area contributed by atoms with E-state index in [0.29, 0.717) is 0 Å². The predicted molar refractivity (Wildman–Crippen MR) is 219 cm³/mol. The Morgan fingerprint density at radius 3 is 1.10 bits per heavy atom. The highest BCUT2D eigenvalue weighted by atomic mass is 16.3. The standard InChI is InChI=1S/C50H28O2/c1-2-13-33-31(11-1)32-12-3-4-14-34(32)41-25-29(21-23-35(33)41)49-37-16-5-7-18-39(37)50(40-19-8-6-17-38(40)49)30-22-24-46-42(26-30)44-28-47-43(27-48(44)52-46)36-15-9-10-20-45(36)51-47/h1-28H. The van der Waals surface area contributed by atoms with Crippen molar-refractivity contribution in [1.82, 2.24) is 0 Å². The highest BCUT2D eigenvalue weighted by molar-refractivity contribution is 6.27. The number of hydrogen-bond acceptors (Lipinski definition) is 2. The Kier molecular flexibility index (Phi) is 5.53. The van der Waals surface area contributed by atoms with Gasteiger partial charge in [-0.1, -0.05) is 133 Å². The molecule has 52 heavy (non-hydrogen) atoms. The third-order valence-electron chi connectivity index (χ3n) is 11.2. The Balaban J connectivity index is 1.13. The van der Waals surface area contributed by atoms with E-state index in [4.69, 9.17) is 8.83 Å². The van der Waals surface area contributed by atoms with Crippen LogP contribution in [0.3, 0.4) is 0 Å². The van der Waals surface area contributed by atoms with Gasteiger partial charge in [-0.3, -0.25) is 0 Å². The summed E-state index contributed by atoms with van der Waals surface area (Å²) in [6, 6.07) is 61.6. The van der Waals surface area contributed by atoms with Crippen molar-refractivity contribution in [2.45, 2.75) is 0 Å². The van der Waals surface area contributed by atoms with Crippen molar-refractivity contribution in [3.05, 3.63) is 170 Å². The van der Waals surface area contributed by atoms with E-state index < -0.39 is 0 Å². The summed E-state index contributed by atoms with van der Waals surface area (Å²) in [4.78, 5) is 0. The van der Waals surface area contributed by atoms with Crippen LogP contribution in [0.4, 0.5) is 0 Å². The number of para-hydroxylation sites is 1. The molecule has 0 spiro atoms. The van der Waals surface area contributed by atoms with Gasteiger partial charge in [-0.05, 0) is 113 Å². The van der Waals surface area contributed by atoms with Gasteiger partial charge in [0, 0.05) is 21.5 Å². The van der Waals surface area contributed by atoms with Crippen LogP contribution in [-0.2, 0) is 0 Å². The largest absolute Gasteiger partial charge is 0.456 e. The van der Waals surface area contributed by atoms with E-state index in [-0.39, 0.29) is 0 Å². The Labute approximate surface area is 297 Å². The maximum absolute atomic E-state index is 6.47. The zero-order valence-electron chi connectivity index (χ0n) is 28.0. The first-order valence-electron chi connectivity index (χ1n) is 17.8. The summed E-state index contributed by atoms with van der Waals surface area (Å²) in [6.07, 6.45) is 0. The smallest absolute Gasteiger partial charge is 0.136 e. The molecule has 12 rings (SSSR count). The Morgan fingerprint density at radius 2 is 0.558 bits per heavy atom. The molecule has 0 unspecified atom stereocenters. The molecular formula is C50H28O2. The van der Waals surface area contributed by atoms with Gasteiger partial charge in [-0.2, -0.15) is 0 Å². The van der Waals surface area contributed by atoms with Crippen LogP contribution in [0.25, 0.3) is 120 Å². The fraction of sp³-hybridized carbons (Fsp3) is 0. The van der Waals surface area contributed by atoms with Crippen LogP contribution in [0.15, 0.2) is 179 Å². The molecule has 0 aliphatic heterocycles. The number of benzene rings is 10. The second kappa shape index (κ2) is 10.3. The van der Waals surface area contributed by atoms with Gasteiger partial charge >= 0.3 is 0 Å². The van der Waals surface area contributed by atoms with Crippen molar-refractivity contribution in [2.24, 2.45) is 0 Å². The normalized spacial score (nSPS) is 12.2. The molecular weight excluding hydrogens is 633 g/mol. The Morgan fingerprint density at radius 1 is 0.212 bits per heavy atom. The fourth-order valence-corrected chi connectivity index (χ4v) is 8.96. The molecule has 0 aliphatic rings. The lowest BCUT2D eigenvalue weighted by molar-refractivity contribution is 0.664. The molecule has 0 atom stereocenters. The summed E-state index contributed by atoms with van der Waals surface area (Å²) in [5, 5.41) is 17.0. The third-order valence-corrected chi connectivity index (χ3v) is 11.2. The number of hydrogen-bond donors (Lipinski definition) is 0. The molecule has 0 amide bonds. The van der Waals surface area contributed by atoms with Crippen LogP contribution in [-0.4, -0.2) is 0 Å². The number of furan rings is 2. The highest BCUT2D eigenvalue weighted by Crippen LogP contribution is 2.46. The zero-order valence-corrected chi connectivity index (χ0v) is 28.0. The van der Waals surface area contributed by atoms with Gasteiger partial charge in [0.15, 0.2) is 0 Å². The summed E-state index contributed by atoms with van der Waals surface area (Å²) >= 11 is 0. The highest BCUT2D eigenvalue weighted by Gasteiger charge is 2.20. The maximum atomic E-state index is 6.47. The van der Waals surface area contributed by atoms with Crippen LogP contribution < -0.4 is 0 Å². The van der Waals surface area contributed by atoms with Gasteiger partial charge in [0.05, 0.1) is 0 Å². The minimum atomic E-state index is 0.868. The second-order valence-corrected chi connectivity index (χ2v) is 13.9. The first-order valence-corrected chi connectivity index (χ1v) is 17.8. The second-order valence-electron chi connectivity index (χ2n) is 13.9. The van der Waals surface area contributed by atoms with Crippen LogP contribution in [0.2, 0.25) is 0 Å². The fourth-order valence-electron chi connectivity index (χ4n) is 8.96. The average Bonchev–Trinajstić information content (AvgIpc) is 3.75. The van der Waals surface area contributed by atoms with Gasteiger partial charge in [-0.25, -0.2) is 0 Å². The van der Waals surface area contributed by atoms with Crippen molar-refractivity contribution < 1.29 is 8.83 Å². The molecule has 2 aromatic heterocycles. The van der Waals surface area contributed by atoms with Crippen molar-refractivity contribution in [2.75, 3.05) is 0 Å². The lowest BCUT2D eigenvalue weighted by atomic mass is 9.84. The first kappa shape index (κ1) is 27.9. The zero-order chi connectivity index (χ0) is 33.9. The van der Waals surface area contributed by atoms with Crippen molar-refractivity contribution >= 4 is 97.7 Å². The summed E-state index contributed by atoms with van der Waals surface area (Å²) in [5.74, 6) is 0. The van der Waals surface area contributed by atoms with Crippen LogP contribution in [0, 0.1) is 0 Å². The maximum Gasteiger partial charge on any atom is 0.136 e. The number of rotatable bonds is 2. The lowest BCUT2D eigenvalue weighted by Gasteiger charge is -2.18. The van der Waals surface area contributed by atoms with Gasteiger partial charge in [0.1, 0.15) is 22.3 Å². The molecule has 10 aromatic carbocycles. The molecule has 0 saturated carbocycles. The molecule has 2 nitrogen and oxygen atoms in total. The molecule has 0 saturated heterocycles. The van der Waals surface area contributed by atoms with Crippen molar-refractivity contribution in [1.29, 1.82) is 0 Å². The summed E-state index contributed by atoms with van der Waals surface area (Å²) in [6.45, 7) is 0. The van der Waals surface area contributed by atoms with Crippen LogP contribution in [0.5, 0.6) is 0 Å². The molecule has 2 heteroatoms. The van der Waals surface area contributed by atoms with Gasteiger partial charge < -0.3 is 8.83 Å². The quantitative estimate of drug-likeness (QED) is 0.136.